The largest absolute Gasteiger partial charge is 0.457 e. The minimum atomic E-state index is -0.222. The number of halogens is 1. The van der Waals surface area contributed by atoms with Gasteiger partial charge in [0.15, 0.2) is 0 Å². The van der Waals surface area contributed by atoms with Crippen molar-refractivity contribution in [1.82, 2.24) is 20.4 Å². The van der Waals surface area contributed by atoms with Crippen LogP contribution < -0.4 is 15.4 Å². The Morgan fingerprint density at radius 3 is 2.83 bits per heavy atom. The summed E-state index contributed by atoms with van der Waals surface area (Å²) >= 11 is 6.04. The van der Waals surface area contributed by atoms with E-state index in [2.05, 4.69) is 10.6 Å². The van der Waals surface area contributed by atoms with Crippen LogP contribution in [0, 0.1) is 0 Å². The van der Waals surface area contributed by atoms with Crippen LogP contribution in [0.25, 0.3) is 0 Å². The van der Waals surface area contributed by atoms with Crippen LogP contribution in [0.3, 0.4) is 0 Å². The number of benzene rings is 2. The smallest absolute Gasteiger partial charge is 0.317 e. The van der Waals surface area contributed by atoms with Crippen molar-refractivity contribution in [3.05, 3.63) is 59.1 Å². The molecule has 3 rings (SSSR count). The Bertz CT molecular complexity index is 877. The van der Waals surface area contributed by atoms with Gasteiger partial charge in [-0.05, 0) is 31.2 Å². The monoisotopic (exact) mass is 416 g/mol. The molecule has 1 aliphatic heterocycles. The highest BCUT2D eigenvalue weighted by molar-refractivity contribution is 6.30. The van der Waals surface area contributed by atoms with E-state index in [0.29, 0.717) is 42.7 Å². The fraction of sp³-hybridized carbons (Fsp3) is 0.333. The summed E-state index contributed by atoms with van der Waals surface area (Å²) in [5, 5.41) is 6.20. The maximum absolute atomic E-state index is 12.6. The molecule has 2 N–H and O–H groups in total. The van der Waals surface area contributed by atoms with E-state index in [1.165, 1.54) is 0 Å². The Morgan fingerprint density at radius 2 is 2.10 bits per heavy atom. The van der Waals surface area contributed by atoms with Gasteiger partial charge in [-0.1, -0.05) is 35.9 Å². The third-order valence-electron chi connectivity index (χ3n) is 4.90. The Balaban J connectivity index is 1.62. The molecular weight excluding hydrogens is 392 g/mol. The number of urea groups is 2. The summed E-state index contributed by atoms with van der Waals surface area (Å²) in [6, 6.07) is 14.3. The van der Waals surface area contributed by atoms with E-state index in [9.17, 15) is 9.59 Å². The van der Waals surface area contributed by atoms with Gasteiger partial charge in [0.05, 0.1) is 6.04 Å². The first kappa shape index (κ1) is 20.8. The predicted molar refractivity (Wildman–Crippen MR) is 113 cm³/mol. The van der Waals surface area contributed by atoms with Crippen molar-refractivity contribution in [3.8, 4) is 11.5 Å². The first-order chi connectivity index (χ1) is 14.0. The number of nitrogens with zero attached hydrogens (tertiary/aromatic N) is 2. The molecule has 1 aliphatic rings. The fourth-order valence-electron chi connectivity index (χ4n) is 3.11. The van der Waals surface area contributed by atoms with Crippen molar-refractivity contribution in [2.24, 2.45) is 0 Å². The summed E-state index contributed by atoms with van der Waals surface area (Å²) in [7, 11) is 1.73. The van der Waals surface area contributed by atoms with Gasteiger partial charge in [0, 0.05) is 43.8 Å². The molecule has 1 saturated heterocycles. The fourth-order valence-corrected chi connectivity index (χ4v) is 3.29. The highest BCUT2D eigenvalue weighted by atomic mass is 35.5. The van der Waals surface area contributed by atoms with Crippen LogP contribution >= 0.6 is 11.6 Å². The number of ether oxygens (including phenoxy) is 1. The molecular formula is C21H25ClN4O3. The number of para-hydroxylation sites is 1. The number of carbonyl (C=O) groups is 2. The van der Waals surface area contributed by atoms with Crippen LogP contribution in [0.4, 0.5) is 9.59 Å². The van der Waals surface area contributed by atoms with E-state index < -0.39 is 0 Å². The maximum Gasteiger partial charge on any atom is 0.317 e. The van der Waals surface area contributed by atoms with Gasteiger partial charge in [-0.15, -0.1) is 0 Å². The second-order valence-corrected chi connectivity index (χ2v) is 7.27. The van der Waals surface area contributed by atoms with E-state index in [4.69, 9.17) is 16.3 Å². The summed E-state index contributed by atoms with van der Waals surface area (Å²) in [5.74, 6) is 1.30. The highest BCUT2D eigenvalue weighted by Gasteiger charge is 2.22. The van der Waals surface area contributed by atoms with Crippen LogP contribution in [-0.2, 0) is 0 Å². The molecule has 1 atom stereocenters. The topological polar surface area (TPSA) is 73.9 Å². The van der Waals surface area contributed by atoms with Crippen molar-refractivity contribution in [2.45, 2.75) is 13.0 Å². The number of rotatable bonds is 7. The SMILES string of the molecule is CC(c1ccccc1Oc1cccc(Cl)c1)N(C)C(=O)NCCN1CCNC1=O. The first-order valence-corrected chi connectivity index (χ1v) is 9.89. The van der Waals surface area contributed by atoms with Gasteiger partial charge >= 0.3 is 12.1 Å². The molecule has 0 aromatic heterocycles. The Labute approximate surface area is 175 Å². The van der Waals surface area contributed by atoms with Crippen molar-refractivity contribution in [2.75, 3.05) is 33.2 Å². The van der Waals surface area contributed by atoms with Crippen molar-refractivity contribution in [1.29, 1.82) is 0 Å². The first-order valence-electron chi connectivity index (χ1n) is 9.51. The normalized spacial score (nSPS) is 14.3. The van der Waals surface area contributed by atoms with Gasteiger partial charge in [-0.25, -0.2) is 9.59 Å². The Hall–Kier alpha value is -2.93. The van der Waals surface area contributed by atoms with E-state index in [0.717, 1.165) is 5.56 Å². The third kappa shape index (κ3) is 5.32. The zero-order chi connectivity index (χ0) is 20.8. The van der Waals surface area contributed by atoms with Crippen molar-refractivity contribution in [3.63, 3.8) is 0 Å². The standard InChI is InChI=1S/C21H25ClN4O3/c1-15(25(2)20(27)23-10-12-26-13-11-24-21(26)28)18-8-3-4-9-19(18)29-17-7-5-6-16(22)14-17/h3-9,14-15H,10-13H2,1-2H3,(H,23,27)(H,24,28). The molecule has 1 heterocycles. The summed E-state index contributed by atoms with van der Waals surface area (Å²) in [5.41, 5.74) is 0.879. The van der Waals surface area contributed by atoms with Crippen molar-refractivity contribution < 1.29 is 14.3 Å². The third-order valence-corrected chi connectivity index (χ3v) is 5.13. The molecule has 29 heavy (non-hydrogen) atoms. The molecule has 0 aliphatic carbocycles. The lowest BCUT2D eigenvalue weighted by Gasteiger charge is -2.27. The number of hydrogen-bond donors (Lipinski definition) is 2. The summed E-state index contributed by atoms with van der Waals surface area (Å²) in [6.07, 6.45) is 0. The molecule has 2 aromatic carbocycles. The van der Waals surface area contributed by atoms with Gasteiger partial charge in [0.25, 0.3) is 0 Å². The summed E-state index contributed by atoms with van der Waals surface area (Å²) in [6.45, 7) is 4.12. The number of amides is 4. The molecule has 4 amide bonds. The zero-order valence-electron chi connectivity index (χ0n) is 16.5. The van der Waals surface area contributed by atoms with Crippen LogP contribution in [0.5, 0.6) is 11.5 Å². The average Bonchev–Trinajstić information content (AvgIpc) is 3.12. The number of hydrogen-bond acceptors (Lipinski definition) is 3. The van der Waals surface area contributed by atoms with Crippen LogP contribution in [0.2, 0.25) is 5.02 Å². The molecule has 0 spiro atoms. The molecule has 1 fully saturated rings. The number of carbonyl (C=O) groups excluding carboxylic acids is 2. The van der Waals surface area contributed by atoms with Crippen LogP contribution in [0.1, 0.15) is 18.5 Å². The second kappa shape index (κ2) is 9.52. The molecule has 154 valence electrons. The molecule has 2 aromatic rings. The molecule has 8 heteroatoms. The lowest BCUT2D eigenvalue weighted by Crippen LogP contribution is -2.42. The second-order valence-electron chi connectivity index (χ2n) is 6.84. The van der Waals surface area contributed by atoms with Gasteiger partial charge in [-0.2, -0.15) is 0 Å². The Kier molecular flexibility index (Phi) is 6.82. The van der Waals surface area contributed by atoms with E-state index in [-0.39, 0.29) is 18.1 Å². The molecule has 0 radical (unpaired) electrons. The van der Waals surface area contributed by atoms with Gasteiger partial charge in [-0.3, -0.25) is 0 Å². The quantitative estimate of drug-likeness (QED) is 0.719. The molecule has 7 nitrogen and oxygen atoms in total. The highest BCUT2D eigenvalue weighted by Crippen LogP contribution is 2.32. The van der Waals surface area contributed by atoms with Gasteiger partial charge in [0.2, 0.25) is 0 Å². The lowest BCUT2D eigenvalue weighted by atomic mass is 10.1. The van der Waals surface area contributed by atoms with Crippen LogP contribution in [0.15, 0.2) is 48.5 Å². The molecule has 0 saturated carbocycles. The van der Waals surface area contributed by atoms with E-state index in [1.54, 1.807) is 29.0 Å². The summed E-state index contributed by atoms with van der Waals surface area (Å²) < 4.78 is 6.01. The van der Waals surface area contributed by atoms with Crippen LogP contribution in [-0.4, -0.2) is 55.1 Å². The average molecular weight is 417 g/mol. The number of nitrogens with one attached hydrogen (secondary N) is 2. The van der Waals surface area contributed by atoms with Gasteiger partial charge < -0.3 is 25.2 Å². The van der Waals surface area contributed by atoms with E-state index in [1.807, 2.05) is 43.3 Å². The lowest BCUT2D eigenvalue weighted by molar-refractivity contribution is 0.190. The zero-order valence-corrected chi connectivity index (χ0v) is 17.3. The molecule has 0 bridgehead atoms. The minimum Gasteiger partial charge on any atom is -0.457 e. The van der Waals surface area contributed by atoms with E-state index >= 15 is 0 Å². The minimum absolute atomic E-state index is 0.0898. The molecule has 1 unspecified atom stereocenters. The summed E-state index contributed by atoms with van der Waals surface area (Å²) in [4.78, 5) is 27.4. The van der Waals surface area contributed by atoms with Crippen molar-refractivity contribution >= 4 is 23.7 Å². The maximum atomic E-state index is 12.6. The Morgan fingerprint density at radius 1 is 1.31 bits per heavy atom. The predicted octanol–water partition coefficient (Wildman–Crippen LogP) is 3.86. The van der Waals surface area contributed by atoms with Gasteiger partial charge in [0.1, 0.15) is 11.5 Å².